The maximum atomic E-state index is 12.7. The summed E-state index contributed by atoms with van der Waals surface area (Å²) in [7, 11) is 0. The molecule has 144 valence electrons. The number of carboxylic acid groups (broad SMARTS) is 1. The van der Waals surface area contributed by atoms with E-state index >= 15 is 0 Å². The Morgan fingerprint density at radius 3 is 2.46 bits per heavy atom. The monoisotopic (exact) mass is 379 g/mol. The molecule has 2 unspecified atom stereocenters. The molecule has 1 fully saturated rings. The first-order valence-corrected chi connectivity index (χ1v) is 10.3. The third kappa shape index (κ3) is 6.32. The summed E-state index contributed by atoms with van der Waals surface area (Å²) in [6.45, 7) is 5.44. The fourth-order valence-corrected chi connectivity index (χ4v) is 4.40. The number of carboxylic acids is 1. The molecule has 5 nitrogen and oxygen atoms in total. The number of benzene rings is 1. The summed E-state index contributed by atoms with van der Waals surface area (Å²) in [6, 6.07) is 10.1. The minimum absolute atomic E-state index is 0.0658. The zero-order valence-corrected chi connectivity index (χ0v) is 16.3. The van der Waals surface area contributed by atoms with Crippen LogP contribution in [0.15, 0.2) is 30.3 Å². The number of ether oxygens (including phenoxy) is 1. The lowest BCUT2D eigenvalue weighted by Gasteiger charge is -2.28. The van der Waals surface area contributed by atoms with Gasteiger partial charge in [0.1, 0.15) is 0 Å². The molecule has 0 aromatic heterocycles. The second-order valence-corrected chi connectivity index (χ2v) is 8.23. The van der Waals surface area contributed by atoms with Crippen molar-refractivity contribution in [1.82, 2.24) is 5.32 Å². The molecule has 2 atom stereocenters. The van der Waals surface area contributed by atoms with Gasteiger partial charge in [0.25, 0.3) is 0 Å². The van der Waals surface area contributed by atoms with Crippen LogP contribution >= 0.6 is 11.8 Å². The average Bonchev–Trinajstić information content (AvgIpc) is 2.63. The van der Waals surface area contributed by atoms with Crippen LogP contribution < -0.4 is 5.32 Å². The molecule has 1 heterocycles. The van der Waals surface area contributed by atoms with Gasteiger partial charge >= 0.3 is 5.97 Å². The Morgan fingerprint density at radius 2 is 1.88 bits per heavy atom. The molecule has 0 bridgehead atoms. The van der Waals surface area contributed by atoms with Crippen LogP contribution in [0.2, 0.25) is 0 Å². The first kappa shape index (κ1) is 20.8. The topological polar surface area (TPSA) is 75.6 Å². The first-order chi connectivity index (χ1) is 12.5. The molecule has 0 aliphatic carbocycles. The number of hydrogen-bond acceptors (Lipinski definition) is 4. The Morgan fingerprint density at radius 1 is 1.23 bits per heavy atom. The van der Waals surface area contributed by atoms with Gasteiger partial charge in [-0.1, -0.05) is 44.2 Å². The van der Waals surface area contributed by atoms with E-state index in [9.17, 15) is 14.7 Å². The van der Waals surface area contributed by atoms with E-state index in [0.717, 1.165) is 18.6 Å². The van der Waals surface area contributed by atoms with Crippen molar-refractivity contribution in [3.8, 4) is 0 Å². The van der Waals surface area contributed by atoms with Crippen molar-refractivity contribution in [2.75, 3.05) is 19.8 Å². The highest BCUT2D eigenvalue weighted by atomic mass is 32.2. The van der Waals surface area contributed by atoms with E-state index in [2.05, 4.69) is 5.32 Å². The number of nitrogens with one attached hydrogen (secondary N) is 1. The zero-order chi connectivity index (χ0) is 18.9. The molecule has 1 aromatic rings. The highest BCUT2D eigenvalue weighted by molar-refractivity contribution is 7.99. The van der Waals surface area contributed by atoms with Gasteiger partial charge in [-0.2, -0.15) is 0 Å². The van der Waals surface area contributed by atoms with Gasteiger partial charge in [0.2, 0.25) is 5.91 Å². The molecule has 1 aliphatic heterocycles. The summed E-state index contributed by atoms with van der Waals surface area (Å²) in [5.41, 5.74) is 1.18. The number of aliphatic carboxylic acids is 1. The molecule has 6 heteroatoms. The fourth-order valence-electron chi connectivity index (χ4n) is 3.22. The fraction of sp³-hybridized carbons (Fsp3) is 0.600. The standard InChI is InChI=1S/C20H29NO4S/c1-14(2)18(26-13-15-6-4-3-5-7-15)19(22)21-12-17(20(23)24)16-8-10-25-11-9-16/h3-7,14,16-18H,8-13H2,1-2H3,(H,21,22)(H,23,24). The van der Waals surface area contributed by atoms with E-state index in [1.165, 1.54) is 5.56 Å². The molecule has 1 aromatic carbocycles. The molecule has 26 heavy (non-hydrogen) atoms. The van der Waals surface area contributed by atoms with Crippen LogP contribution in [0.3, 0.4) is 0 Å². The predicted octanol–water partition coefficient (Wildman–Crippen LogP) is 3.19. The quantitative estimate of drug-likeness (QED) is 0.689. The van der Waals surface area contributed by atoms with Crippen molar-refractivity contribution in [3.63, 3.8) is 0 Å². The molecule has 1 aliphatic rings. The lowest BCUT2D eigenvalue weighted by atomic mass is 9.86. The second-order valence-electron chi connectivity index (χ2n) is 7.10. The van der Waals surface area contributed by atoms with E-state index in [0.29, 0.717) is 13.2 Å². The molecule has 2 N–H and O–H groups in total. The van der Waals surface area contributed by atoms with Gasteiger partial charge in [-0.15, -0.1) is 11.8 Å². The van der Waals surface area contributed by atoms with Gasteiger partial charge in [0.15, 0.2) is 0 Å². The second kappa shape index (κ2) is 10.6. The Hall–Kier alpha value is -1.53. The largest absolute Gasteiger partial charge is 0.481 e. The average molecular weight is 380 g/mol. The highest BCUT2D eigenvalue weighted by Crippen LogP contribution is 2.26. The molecule has 1 amide bonds. The van der Waals surface area contributed by atoms with E-state index in [4.69, 9.17) is 4.74 Å². The minimum atomic E-state index is -0.838. The highest BCUT2D eigenvalue weighted by Gasteiger charge is 2.31. The van der Waals surface area contributed by atoms with Crippen molar-refractivity contribution in [2.24, 2.45) is 17.8 Å². The Bertz CT molecular complexity index is 572. The van der Waals surface area contributed by atoms with Crippen LogP contribution in [0.25, 0.3) is 0 Å². The van der Waals surface area contributed by atoms with Crippen LogP contribution in [-0.4, -0.2) is 42.0 Å². The number of carbonyl (C=O) groups is 2. The molecule has 0 radical (unpaired) electrons. The van der Waals surface area contributed by atoms with Crippen LogP contribution in [0, 0.1) is 17.8 Å². The van der Waals surface area contributed by atoms with E-state index in [1.54, 1.807) is 11.8 Å². The van der Waals surface area contributed by atoms with Gasteiger partial charge in [0, 0.05) is 25.5 Å². The maximum Gasteiger partial charge on any atom is 0.308 e. The molecule has 1 saturated heterocycles. The van der Waals surface area contributed by atoms with Gasteiger partial charge in [-0.25, -0.2) is 0 Å². The Balaban J connectivity index is 1.89. The number of amides is 1. The van der Waals surface area contributed by atoms with Gasteiger partial charge < -0.3 is 15.2 Å². The van der Waals surface area contributed by atoms with Gasteiger partial charge in [-0.3, -0.25) is 9.59 Å². The minimum Gasteiger partial charge on any atom is -0.481 e. The van der Waals surface area contributed by atoms with Crippen molar-refractivity contribution in [3.05, 3.63) is 35.9 Å². The molecule has 0 spiro atoms. The summed E-state index contributed by atoms with van der Waals surface area (Å²) in [5, 5.41) is 12.2. The number of carbonyl (C=O) groups excluding carboxylic acids is 1. The summed E-state index contributed by atoms with van der Waals surface area (Å²) < 4.78 is 5.32. The predicted molar refractivity (Wildman–Crippen MR) is 104 cm³/mol. The van der Waals surface area contributed by atoms with E-state index in [1.807, 2.05) is 44.2 Å². The molecular weight excluding hydrogens is 350 g/mol. The van der Waals surface area contributed by atoms with E-state index in [-0.39, 0.29) is 29.5 Å². The lowest BCUT2D eigenvalue weighted by molar-refractivity contribution is -0.144. The summed E-state index contributed by atoms with van der Waals surface area (Å²) in [5.74, 6) is -0.449. The summed E-state index contributed by atoms with van der Waals surface area (Å²) in [4.78, 5) is 24.3. The van der Waals surface area contributed by atoms with Crippen molar-refractivity contribution >= 4 is 23.6 Å². The van der Waals surface area contributed by atoms with Crippen molar-refractivity contribution in [2.45, 2.75) is 37.7 Å². The van der Waals surface area contributed by atoms with Crippen LogP contribution in [0.5, 0.6) is 0 Å². The lowest BCUT2D eigenvalue weighted by Crippen LogP contribution is -2.43. The van der Waals surface area contributed by atoms with E-state index < -0.39 is 11.9 Å². The summed E-state index contributed by atoms with van der Waals surface area (Å²) in [6.07, 6.45) is 1.48. The third-order valence-electron chi connectivity index (χ3n) is 4.78. The smallest absolute Gasteiger partial charge is 0.308 e. The summed E-state index contributed by atoms with van der Waals surface area (Å²) >= 11 is 1.61. The van der Waals surface area contributed by atoms with Gasteiger partial charge in [-0.05, 0) is 30.2 Å². The Kier molecular flexibility index (Phi) is 8.45. The van der Waals surface area contributed by atoms with Crippen molar-refractivity contribution in [1.29, 1.82) is 0 Å². The SMILES string of the molecule is CC(C)C(SCc1ccccc1)C(=O)NCC(C(=O)O)C1CCOCC1. The van der Waals surface area contributed by atoms with Crippen LogP contribution in [-0.2, 0) is 20.1 Å². The van der Waals surface area contributed by atoms with Crippen LogP contribution in [0.4, 0.5) is 0 Å². The Labute approximate surface area is 159 Å². The molecular formula is C20H29NO4S. The molecule has 2 rings (SSSR count). The number of rotatable bonds is 9. The molecule has 0 saturated carbocycles. The van der Waals surface area contributed by atoms with Crippen molar-refractivity contribution < 1.29 is 19.4 Å². The van der Waals surface area contributed by atoms with Gasteiger partial charge in [0.05, 0.1) is 11.2 Å². The number of thioether (sulfide) groups is 1. The maximum absolute atomic E-state index is 12.7. The number of hydrogen-bond donors (Lipinski definition) is 2. The van der Waals surface area contributed by atoms with Crippen LogP contribution in [0.1, 0.15) is 32.3 Å². The normalized spacial score (nSPS) is 17.7. The zero-order valence-electron chi connectivity index (χ0n) is 15.5. The third-order valence-corrected chi connectivity index (χ3v) is 6.40. The first-order valence-electron chi connectivity index (χ1n) is 9.22.